The standard InChI is InChI=1S/C15H20N2O3/c1-10-5-3-2-4-6-12(10)17-14(18)11-7-8-13(15(19)20)16-9-11/h7-10,12H,2-6H2,1H3,(H,17,18)(H,19,20). The Labute approximate surface area is 118 Å². The van der Waals surface area contributed by atoms with Gasteiger partial charge in [0.05, 0.1) is 5.56 Å². The minimum absolute atomic E-state index is 0.0515. The Bertz CT molecular complexity index is 484. The van der Waals surface area contributed by atoms with Crippen molar-refractivity contribution >= 4 is 11.9 Å². The molecular weight excluding hydrogens is 256 g/mol. The molecule has 5 heteroatoms. The molecule has 0 bridgehead atoms. The number of hydrogen-bond acceptors (Lipinski definition) is 3. The van der Waals surface area contributed by atoms with Crippen LogP contribution in [0.4, 0.5) is 0 Å². The van der Waals surface area contributed by atoms with E-state index in [1.807, 2.05) is 0 Å². The highest BCUT2D eigenvalue weighted by molar-refractivity contribution is 5.95. The fourth-order valence-electron chi connectivity index (χ4n) is 2.61. The van der Waals surface area contributed by atoms with Crippen molar-refractivity contribution in [1.82, 2.24) is 10.3 Å². The molecule has 20 heavy (non-hydrogen) atoms. The molecular formula is C15H20N2O3. The van der Waals surface area contributed by atoms with Crippen LogP contribution in [0, 0.1) is 5.92 Å². The summed E-state index contributed by atoms with van der Waals surface area (Å²) >= 11 is 0. The van der Waals surface area contributed by atoms with E-state index in [1.165, 1.54) is 31.2 Å². The Morgan fingerprint density at radius 3 is 2.65 bits per heavy atom. The highest BCUT2D eigenvalue weighted by atomic mass is 16.4. The first-order valence-electron chi connectivity index (χ1n) is 7.08. The zero-order valence-electron chi connectivity index (χ0n) is 11.6. The van der Waals surface area contributed by atoms with E-state index in [4.69, 9.17) is 5.11 Å². The maximum atomic E-state index is 12.2. The third-order valence-electron chi connectivity index (χ3n) is 3.92. The van der Waals surface area contributed by atoms with Crippen LogP contribution in [0.3, 0.4) is 0 Å². The lowest BCUT2D eigenvalue weighted by molar-refractivity contribution is 0.0689. The van der Waals surface area contributed by atoms with E-state index >= 15 is 0 Å². The summed E-state index contributed by atoms with van der Waals surface area (Å²) in [5.41, 5.74) is 0.357. The molecule has 1 amide bonds. The van der Waals surface area contributed by atoms with Gasteiger partial charge in [-0.3, -0.25) is 4.79 Å². The summed E-state index contributed by atoms with van der Waals surface area (Å²) in [6, 6.07) is 3.06. The molecule has 0 saturated heterocycles. The van der Waals surface area contributed by atoms with Crippen LogP contribution in [0.1, 0.15) is 59.9 Å². The number of pyridine rings is 1. The lowest BCUT2D eigenvalue weighted by Gasteiger charge is -2.22. The van der Waals surface area contributed by atoms with Gasteiger partial charge in [-0.05, 0) is 30.9 Å². The third kappa shape index (κ3) is 3.56. The number of carboxylic acid groups (broad SMARTS) is 1. The van der Waals surface area contributed by atoms with Gasteiger partial charge in [0.15, 0.2) is 0 Å². The normalized spacial score (nSPS) is 22.9. The molecule has 2 atom stereocenters. The van der Waals surface area contributed by atoms with Crippen molar-refractivity contribution in [2.75, 3.05) is 0 Å². The lowest BCUT2D eigenvalue weighted by atomic mass is 9.96. The SMILES string of the molecule is CC1CCCCCC1NC(=O)c1ccc(C(=O)O)nc1. The second-order valence-electron chi connectivity index (χ2n) is 5.43. The van der Waals surface area contributed by atoms with Crippen LogP contribution in [0.25, 0.3) is 0 Å². The molecule has 1 aliphatic rings. The first kappa shape index (κ1) is 14.5. The molecule has 2 unspecified atom stereocenters. The number of amides is 1. The number of hydrogen-bond donors (Lipinski definition) is 2. The predicted octanol–water partition coefficient (Wildman–Crippen LogP) is 2.48. The summed E-state index contributed by atoms with van der Waals surface area (Å²) < 4.78 is 0. The molecule has 0 radical (unpaired) electrons. The number of aromatic carboxylic acids is 1. The lowest BCUT2D eigenvalue weighted by Crippen LogP contribution is -2.38. The van der Waals surface area contributed by atoms with Gasteiger partial charge in [-0.1, -0.05) is 26.2 Å². The van der Waals surface area contributed by atoms with Crippen LogP contribution >= 0.6 is 0 Å². The van der Waals surface area contributed by atoms with E-state index < -0.39 is 5.97 Å². The molecule has 1 heterocycles. The van der Waals surface area contributed by atoms with E-state index in [1.54, 1.807) is 0 Å². The molecule has 1 aromatic heterocycles. The number of carbonyl (C=O) groups excluding carboxylic acids is 1. The van der Waals surface area contributed by atoms with Crippen molar-refractivity contribution in [2.24, 2.45) is 5.92 Å². The highest BCUT2D eigenvalue weighted by Crippen LogP contribution is 2.23. The molecule has 0 aromatic carbocycles. The summed E-state index contributed by atoms with van der Waals surface area (Å²) in [6.45, 7) is 2.17. The summed E-state index contributed by atoms with van der Waals surface area (Å²) in [5.74, 6) is -0.782. The number of carbonyl (C=O) groups is 2. The zero-order chi connectivity index (χ0) is 14.5. The van der Waals surface area contributed by atoms with Gasteiger partial charge in [0.2, 0.25) is 0 Å². The second-order valence-corrected chi connectivity index (χ2v) is 5.43. The van der Waals surface area contributed by atoms with Crippen molar-refractivity contribution < 1.29 is 14.7 Å². The molecule has 108 valence electrons. The summed E-state index contributed by atoms with van der Waals surface area (Å²) in [5, 5.41) is 11.8. The van der Waals surface area contributed by atoms with Crippen LogP contribution in [-0.4, -0.2) is 28.0 Å². The van der Waals surface area contributed by atoms with Crippen LogP contribution in [0.2, 0.25) is 0 Å². The van der Waals surface area contributed by atoms with E-state index in [-0.39, 0.29) is 17.6 Å². The molecule has 1 fully saturated rings. The van der Waals surface area contributed by atoms with E-state index in [9.17, 15) is 9.59 Å². The molecule has 1 aromatic rings. The average Bonchev–Trinajstić information content (AvgIpc) is 2.64. The Morgan fingerprint density at radius 1 is 1.25 bits per heavy atom. The second kappa shape index (κ2) is 6.50. The average molecular weight is 276 g/mol. The van der Waals surface area contributed by atoms with E-state index in [0.29, 0.717) is 11.5 Å². The number of rotatable bonds is 3. The Morgan fingerprint density at radius 2 is 2.00 bits per heavy atom. The third-order valence-corrected chi connectivity index (χ3v) is 3.92. The largest absolute Gasteiger partial charge is 0.477 e. The summed E-state index contributed by atoms with van der Waals surface area (Å²) in [6.07, 6.45) is 7.06. The van der Waals surface area contributed by atoms with Gasteiger partial charge in [0, 0.05) is 12.2 Å². The van der Waals surface area contributed by atoms with Gasteiger partial charge in [-0.2, -0.15) is 0 Å². The number of nitrogens with zero attached hydrogens (tertiary/aromatic N) is 1. The van der Waals surface area contributed by atoms with Crippen molar-refractivity contribution in [3.8, 4) is 0 Å². The molecule has 1 saturated carbocycles. The minimum atomic E-state index is -1.09. The van der Waals surface area contributed by atoms with Gasteiger partial charge < -0.3 is 10.4 Å². The van der Waals surface area contributed by atoms with Crippen LogP contribution < -0.4 is 5.32 Å². The molecule has 0 spiro atoms. The summed E-state index contributed by atoms with van der Waals surface area (Å²) in [7, 11) is 0. The Hall–Kier alpha value is -1.91. The number of aromatic nitrogens is 1. The molecule has 0 aliphatic heterocycles. The number of carboxylic acids is 1. The van der Waals surface area contributed by atoms with Crippen LogP contribution in [-0.2, 0) is 0 Å². The monoisotopic (exact) mass is 276 g/mol. The van der Waals surface area contributed by atoms with Gasteiger partial charge in [0.25, 0.3) is 5.91 Å². The first-order chi connectivity index (χ1) is 9.58. The molecule has 2 rings (SSSR count). The van der Waals surface area contributed by atoms with Crippen LogP contribution in [0.15, 0.2) is 18.3 Å². The van der Waals surface area contributed by atoms with Crippen molar-refractivity contribution in [3.05, 3.63) is 29.6 Å². The van der Waals surface area contributed by atoms with E-state index in [0.717, 1.165) is 19.3 Å². The fourth-order valence-corrected chi connectivity index (χ4v) is 2.61. The zero-order valence-corrected chi connectivity index (χ0v) is 11.6. The topological polar surface area (TPSA) is 79.3 Å². The van der Waals surface area contributed by atoms with Gasteiger partial charge in [0.1, 0.15) is 5.69 Å². The molecule has 1 aliphatic carbocycles. The molecule has 5 nitrogen and oxygen atoms in total. The number of nitrogens with one attached hydrogen (secondary N) is 1. The van der Waals surface area contributed by atoms with Gasteiger partial charge >= 0.3 is 5.97 Å². The minimum Gasteiger partial charge on any atom is -0.477 e. The van der Waals surface area contributed by atoms with Crippen molar-refractivity contribution in [3.63, 3.8) is 0 Å². The van der Waals surface area contributed by atoms with Gasteiger partial charge in [-0.15, -0.1) is 0 Å². The smallest absolute Gasteiger partial charge is 0.354 e. The maximum absolute atomic E-state index is 12.2. The Balaban J connectivity index is 2.01. The first-order valence-corrected chi connectivity index (χ1v) is 7.08. The quantitative estimate of drug-likeness (QED) is 0.831. The maximum Gasteiger partial charge on any atom is 0.354 e. The van der Waals surface area contributed by atoms with Crippen molar-refractivity contribution in [1.29, 1.82) is 0 Å². The van der Waals surface area contributed by atoms with E-state index in [2.05, 4.69) is 17.2 Å². The Kier molecular flexibility index (Phi) is 4.71. The predicted molar refractivity (Wildman–Crippen MR) is 74.7 cm³/mol. The van der Waals surface area contributed by atoms with Crippen molar-refractivity contribution in [2.45, 2.75) is 45.1 Å². The highest BCUT2D eigenvalue weighted by Gasteiger charge is 2.22. The fraction of sp³-hybridized carbons (Fsp3) is 0.533. The summed E-state index contributed by atoms with van der Waals surface area (Å²) in [4.78, 5) is 26.6. The molecule has 2 N–H and O–H groups in total. The van der Waals surface area contributed by atoms with Gasteiger partial charge in [-0.25, -0.2) is 9.78 Å². The van der Waals surface area contributed by atoms with Crippen LogP contribution in [0.5, 0.6) is 0 Å².